The van der Waals surface area contributed by atoms with Gasteiger partial charge in [-0.05, 0) is 31.5 Å². The lowest BCUT2D eigenvalue weighted by molar-refractivity contribution is 0.199. The first-order valence-electron chi connectivity index (χ1n) is 5.58. The molecule has 96 valence electrons. The Balaban J connectivity index is 2.05. The van der Waals surface area contributed by atoms with Crippen LogP contribution in [0, 0.1) is 6.92 Å². The maximum Gasteiger partial charge on any atom is 0.138 e. The minimum absolute atomic E-state index is 0.458. The van der Waals surface area contributed by atoms with Gasteiger partial charge in [-0.1, -0.05) is 17.7 Å². The highest BCUT2D eigenvalue weighted by molar-refractivity contribution is 7.11. The first-order valence-corrected chi connectivity index (χ1v) is 6.77. The molecule has 0 bridgehead atoms. The summed E-state index contributed by atoms with van der Waals surface area (Å²) in [6.45, 7) is 4.12. The number of hydrogen-bond donors (Lipinski definition) is 1. The summed E-state index contributed by atoms with van der Waals surface area (Å²) in [7, 11) is 0. The molecular weight excluding hydrogens is 270 g/mol. The van der Waals surface area contributed by atoms with E-state index in [4.69, 9.17) is 16.3 Å². The number of benzene rings is 1. The van der Waals surface area contributed by atoms with Crippen molar-refractivity contribution in [3.63, 3.8) is 0 Å². The Hall–Kier alpha value is -1.10. The van der Waals surface area contributed by atoms with E-state index >= 15 is 0 Å². The third-order valence-electron chi connectivity index (χ3n) is 2.48. The van der Waals surface area contributed by atoms with Gasteiger partial charge in [0.2, 0.25) is 0 Å². The van der Waals surface area contributed by atoms with Gasteiger partial charge in [0.25, 0.3) is 0 Å². The van der Waals surface area contributed by atoms with Crippen molar-refractivity contribution < 1.29 is 9.84 Å². The second-order valence-electron chi connectivity index (χ2n) is 4.00. The van der Waals surface area contributed by atoms with E-state index in [0.717, 1.165) is 15.4 Å². The predicted octanol–water partition coefficient (Wildman–Crippen LogP) is 3.74. The van der Waals surface area contributed by atoms with Crippen molar-refractivity contribution in [2.75, 3.05) is 0 Å². The quantitative estimate of drug-likeness (QED) is 0.929. The predicted molar refractivity (Wildman–Crippen MR) is 73.3 cm³/mol. The number of aromatic nitrogens is 1. The van der Waals surface area contributed by atoms with Gasteiger partial charge in [0.1, 0.15) is 12.4 Å². The summed E-state index contributed by atoms with van der Waals surface area (Å²) in [4.78, 5) is 5.22. The zero-order chi connectivity index (χ0) is 13.1. The van der Waals surface area contributed by atoms with Gasteiger partial charge in [0, 0.05) is 6.20 Å². The minimum atomic E-state index is -0.527. The second-order valence-corrected chi connectivity index (χ2v) is 5.73. The molecule has 1 aromatic heterocycles. The SMILES string of the molecule is Cc1ncc(COc2ccc([C@H](C)O)cc2Cl)s1. The second kappa shape index (κ2) is 5.69. The average molecular weight is 284 g/mol. The molecule has 0 radical (unpaired) electrons. The van der Waals surface area contributed by atoms with Gasteiger partial charge in [0.05, 0.1) is 21.0 Å². The van der Waals surface area contributed by atoms with Crippen LogP contribution < -0.4 is 4.74 Å². The normalized spacial score (nSPS) is 12.4. The van der Waals surface area contributed by atoms with E-state index < -0.39 is 6.10 Å². The van der Waals surface area contributed by atoms with Gasteiger partial charge in [-0.25, -0.2) is 4.98 Å². The molecule has 0 aliphatic heterocycles. The van der Waals surface area contributed by atoms with Gasteiger partial charge >= 0.3 is 0 Å². The Morgan fingerprint density at radius 3 is 2.83 bits per heavy atom. The Bertz CT molecular complexity index is 540. The van der Waals surface area contributed by atoms with Crippen LogP contribution in [0.25, 0.3) is 0 Å². The molecule has 1 N–H and O–H groups in total. The Morgan fingerprint density at radius 2 is 2.28 bits per heavy atom. The summed E-state index contributed by atoms with van der Waals surface area (Å²) in [6, 6.07) is 5.31. The Kier molecular flexibility index (Phi) is 4.22. The number of nitrogens with zero attached hydrogens (tertiary/aromatic N) is 1. The fourth-order valence-electron chi connectivity index (χ4n) is 1.51. The van der Waals surface area contributed by atoms with Crippen molar-refractivity contribution in [2.45, 2.75) is 26.6 Å². The lowest BCUT2D eigenvalue weighted by Gasteiger charge is -2.10. The van der Waals surface area contributed by atoms with Crippen molar-refractivity contribution in [3.8, 4) is 5.75 Å². The average Bonchev–Trinajstić information content (AvgIpc) is 2.73. The molecule has 2 aromatic rings. The summed E-state index contributed by atoms with van der Waals surface area (Å²) >= 11 is 7.70. The highest BCUT2D eigenvalue weighted by atomic mass is 35.5. The third kappa shape index (κ3) is 3.22. The number of rotatable bonds is 4. The van der Waals surface area contributed by atoms with E-state index in [0.29, 0.717) is 17.4 Å². The van der Waals surface area contributed by atoms with Crippen LogP contribution in [0.5, 0.6) is 5.75 Å². The number of thiazole rings is 1. The maximum atomic E-state index is 9.44. The molecule has 0 spiro atoms. The van der Waals surface area contributed by atoms with Crippen molar-refractivity contribution in [2.24, 2.45) is 0 Å². The van der Waals surface area contributed by atoms with E-state index in [1.54, 1.807) is 36.6 Å². The fourth-order valence-corrected chi connectivity index (χ4v) is 2.47. The number of halogens is 1. The van der Waals surface area contributed by atoms with Crippen molar-refractivity contribution in [3.05, 3.63) is 44.9 Å². The lowest BCUT2D eigenvalue weighted by atomic mass is 10.1. The van der Waals surface area contributed by atoms with Crippen LogP contribution in [-0.4, -0.2) is 10.1 Å². The number of aryl methyl sites for hydroxylation is 1. The van der Waals surface area contributed by atoms with Crippen LogP contribution in [0.3, 0.4) is 0 Å². The molecule has 2 rings (SSSR count). The molecule has 1 atom stereocenters. The Labute approximate surface area is 115 Å². The van der Waals surface area contributed by atoms with Crippen LogP contribution in [0.1, 0.15) is 28.5 Å². The number of hydrogen-bond acceptors (Lipinski definition) is 4. The van der Waals surface area contributed by atoms with Gasteiger partial charge in [-0.2, -0.15) is 0 Å². The molecule has 1 aromatic carbocycles. The molecule has 0 aliphatic rings. The van der Waals surface area contributed by atoms with Crippen molar-refractivity contribution in [1.29, 1.82) is 0 Å². The highest BCUT2D eigenvalue weighted by Gasteiger charge is 2.07. The van der Waals surface area contributed by atoms with Crippen LogP contribution in [0.2, 0.25) is 5.02 Å². The first kappa shape index (κ1) is 13.3. The largest absolute Gasteiger partial charge is 0.486 e. The summed E-state index contributed by atoms with van der Waals surface area (Å²) < 4.78 is 5.63. The summed E-state index contributed by atoms with van der Waals surface area (Å²) in [5, 5.41) is 11.0. The van der Waals surface area contributed by atoms with E-state index in [1.807, 2.05) is 13.0 Å². The van der Waals surface area contributed by atoms with Crippen LogP contribution >= 0.6 is 22.9 Å². The summed E-state index contributed by atoms with van der Waals surface area (Å²) in [5.41, 5.74) is 0.779. The summed E-state index contributed by atoms with van der Waals surface area (Å²) in [5.74, 6) is 0.618. The minimum Gasteiger partial charge on any atom is -0.486 e. The molecule has 0 amide bonds. The van der Waals surface area contributed by atoms with Crippen LogP contribution in [0.4, 0.5) is 0 Å². The van der Waals surface area contributed by atoms with Crippen molar-refractivity contribution in [1.82, 2.24) is 4.98 Å². The Morgan fingerprint density at radius 1 is 1.50 bits per heavy atom. The van der Waals surface area contributed by atoms with E-state index in [-0.39, 0.29) is 0 Å². The molecule has 0 saturated carbocycles. The maximum absolute atomic E-state index is 9.44. The molecule has 3 nitrogen and oxygen atoms in total. The van der Waals surface area contributed by atoms with Gasteiger partial charge in [0.15, 0.2) is 0 Å². The smallest absolute Gasteiger partial charge is 0.138 e. The fraction of sp³-hybridized carbons (Fsp3) is 0.308. The lowest BCUT2D eigenvalue weighted by Crippen LogP contribution is -1.96. The van der Waals surface area contributed by atoms with E-state index in [9.17, 15) is 5.11 Å². The molecule has 0 unspecified atom stereocenters. The molecule has 0 fully saturated rings. The molecular formula is C13H14ClNO2S. The van der Waals surface area contributed by atoms with Gasteiger partial charge < -0.3 is 9.84 Å². The molecule has 5 heteroatoms. The van der Waals surface area contributed by atoms with E-state index in [1.165, 1.54) is 0 Å². The van der Waals surface area contributed by atoms with Gasteiger partial charge in [-0.15, -0.1) is 11.3 Å². The third-order valence-corrected chi connectivity index (χ3v) is 3.66. The molecule has 0 saturated heterocycles. The number of ether oxygens (including phenoxy) is 1. The highest BCUT2D eigenvalue weighted by Crippen LogP contribution is 2.28. The first-order chi connectivity index (χ1) is 8.56. The van der Waals surface area contributed by atoms with Gasteiger partial charge in [-0.3, -0.25) is 0 Å². The summed E-state index contributed by atoms with van der Waals surface area (Å²) in [6.07, 6.45) is 1.28. The standard InChI is InChI=1S/C13H14ClNO2S/c1-8(16)10-3-4-13(12(14)5-10)17-7-11-6-15-9(2)18-11/h3-6,8,16H,7H2,1-2H3/t8-/m0/s1. The zero-order valence-corrected chi connectivity index (χ0v) is 11.8. The topological polar surface area (TPSA) is 42.4 Å². The molecule has 1 heterocycles. The van der Waals surface area contributed by atoms with Crippen LogP contribution in [-0.2, 0) is 6.61 Å². The molecule has 0 aliphatic carbocycles. The number of aliphatic hydroxyl groups excluding tert-OH is 1. The monoisotopic (exact) mass is 283 g/mol. The number of aliphatic hydroxyl groups is 1. The van der Waals surface area contributed by atoms with Crippen molar-refractivity contribution >= 4 is 22.9 Å². The van der Waals surface area contributed by atoms with Crippen LogP contribution in [0.15, 0.2) is 24.4 Å². The molecule has 18 heavy (non-hydrogen) atoms. The van der Waals surface area contributed by atoms with E-state index in [2.05, 4.69) is 4.98 Å². The zero-order valence-electron chi connectivity index (χ0n) is 10.2.